The van der Waals surface area contributed by atoms with Crippen molar-refractivity contribution < 1.29 is 18.0 Å². The molecule has 0 aromatic heterocycles. The van der Waals surface area contributed by atoms with E-state index < -0.39 is 17.8 Å². The third-order valence-electron chi connectivity index (χ3n) is 5.41. The number of urea groups is 1. The van der Waals surface area contributed by atoms with E-state index in [0.717, 1.165) is 22.6 Å². The van der Waals surface area contributed by atoms with Crippen molar-refractivity contribution in [2.45, 2.75) is 35.7 Å². The summed E-state index contributed by atoms with van der Waals surface area (Å²) in [4.78, 5) is 14.0. The molecule has 2 aliphatic rings. The summed E-state index contributed by atoms with van der Waals surface area (Å²) in [5.74, 6) is 0.0956. The van der Waals surface area contributed by atoms with Gasteiger partial charge in [0.05, 0.1) is 11.6 Å². The van der Waals surface area contributed by atoms with Crippen molar-refractivity contribution in [3.05, 3.63) is 59.7 Å². The number of nitrogens with zero attached hydrogens (tertiary/aromatic N) is 2. The van der Waals surface area contributed by atoms with Gasteiger partial charge in [-0.1, -0.05) is 18.2 Å². The highest BCUT2D eigenvalue weighted by Gasteiger charge is 2.53. The van der Waals surface area contributed by atoms with Gasteiger partial charge in [0.25, 0.3) is 0 Å². The number of halogens is 4. The SMILES string of the molecule is CC1(C)Sc2ccccc2C2C1CN(C(=O)Nc1ccc(C(F)(F)F)cc1)N2Cl. The van der Waals surface area contributed by atoms with Gasteiger partial charge in [-0.15, -0.1) is 16.3 Å². The average Bonchev–Trinajstić information content (AvgIpc) is 3.00. The Morgan fingerprint density at radius 3 is 2.48 bits per heavy atom. The molecule has 4 rings (SSSR count). The number of alkyl halides is 3. The standard InChI is InChI=1S/C20H19ClF3N3OS/c1-19(2)15-11-26(27(21)17(15)14-5-3-4-6-16(14)29-19)18(28)25-13-9-7-12(8-10-13)20(22,23)24/h3-10,15,17H,11H2,1-2H3,(H,25,28). The van der Waals surface area contributed by atoms with Crippen LogP contribution in [0.15, 0.2) is 53.4 Å². The van der Waals surface area contributed by atoms with E-state index in [1.165, 1.54) is 21.7 Å². The third-order valence-corrected chi connectivity index (χ3v) is 7.23. The fourth-order valence-electron chi connectivity index (χ4n) is 3.87. The van der Waals surface area contributed by atoms with Crippen LogP contribution >= 0.6 is 23.5 Å². The van der Waals surface area contributed by atoms with E-state index in [4.69, 9.17) is 11.8 Å². The zero-order valence-electron chi connectivity index (χ0n) is 15.7. The van der Waals surface area contributed by atoms with E-state index in [-0.39, 0.29) is 22.4 Å². The minimum Gasteiger partial charge on any atom is -0.307 e. The van der Waals surface area contributed by atoms with Gasteiger partial charge in [0, 0.05) is 39.6 Å². The number of carbonyl (C=O) groups excluding carboxylic acids is 1. The second-order valence-corrected chi connectivity index (χ2v) is 9.71. The van der Waals surface area contributed by atoms with Crippen LogP contribution in [0, 0.1) is 5.92 Å². The second-order valence-electron chi connectivity index (χ2n) is 7.67. The van der Waals surface area contributed by atoms with Gasteiger partial charge in [-0.25, -0.2) is 9.80 Å². The third kappa shape index (κ3) is 3.69. The summed E-state index contributed by atoms with van der Waals surface area (Å²) in [6.45, 7) is 4.68. The van der Waals surface area contributed by atoms with Gasteiger partial charge in [0.2, 0.25) is 0 Å². The van der Waals surface area contributed by atoms with E-state index in [9.17, 15) is 18.0 Å². The molecule has 4 nitrogen and oxygen atoms in total. The smallest absolute Gasteiger partial charge is 0.307 e. The number of nitrogens with one attached hydrogen (secondary N) is 1. The normalized spacial score (nSPS) is 23.4. The first-order valence-electron chi connectivity index (χ1n) is 9.06. The molecule has 1 saturated heterocycles. The Morgan fingerprint density at radius 2 is 1.83 bits per heavy atom. The van der Waals surface area contributed by atoms with Crippen LogP contribution in [-0.2, 0) is 6.18 Å². The van der Waals surface area contributed by atoms with Crippen LogP contribution in [0.25, 0.3) is 0 Å². The van der Waals surface area contributed by atoms with E-state index in [2.05, 4.69) is 19.2 Å². The van der Waals surface area contributed by atoms with Gasteiger partial charge in [-0.2, -0.15) is 13.2 Å². The summed E-state index contributed by atoms with van der Waals surface area (Å²) < 4.78 is 39.4. The molecule has 9 heteroatoms. The Bertz CT molecular complexity index is 935. The fourth-order valence-corrected chi connectivity index (χ4v) is 5.62. The molecule has 1 N–H and O–H groups in total. The number of thioether (sulfide) groups is 1. The van der Waals surface area contributed by atoms with Gasteiger partial charge < -0.3 is 5.32 Å². The molecule has 2 aromatic carbocycles. The lowest BCUT2D eigenvalue weighted by atomic mass is 9.84. The molecule has 29 heavy (non-hydrogen) atoms. The zero-order valence-corrected chi connectivity index (χ0v) is 17.3. The summed E-state index contributed by atoms with van der Waals surface area (Å²) in [7, 11) is 0. The number of carbonyl (C=O) groups is 1. The molecule has 2 amide bonds. The molecular formula is C20H19ClF3N3OS. The molecule has 0 saturated carbocycles. The Morgan fingerprint density at radius 1 is 1.17 bits per heavy atom. The van der Waals surface area contributed by atoms with Crippen LogP contribution < -0.4 is 5.32 Å². The number of fused-ring (bicyclic) bond motifs is 3. The molecule has 2 atom stereocenters. The van der Waals surface area contributed by atoms with E-state index in [1.807, 2.05) is 24.3 Å². The van der Waals surface area contributed by atoms with Crippen LogP contribution in [0.4, 0.5) is 23.7 Å². The van der Waals surface area contributed by atoms with Crippen LogP contribution in [0.3, 0.4) is 0 Å². The van der Waals surface area contributed by atoms with Crippen LogP contribution in [-0.4, -0.2) is 26.9 Å². The maximum absolute atomic E-state index is 12.8. The second kappa shape index (κ2) is 7.11. The highest BCUT2D eigenvalue weighted by molar-refractivity contribution is 8.00. The molecule has 0 aliphatic carbocycles. The van der Waals surface area contributed by atoms with Crippen molar-refractivity contribution in [3.8, 4) is 0 Å². The summed E-state index contributed by atoms with van der Waals surface area (Å²) in [6, 6.07) is 11.7. The molecule has 2 heterocycles. The highest BCUT2D eigenvalue weighted by Crippen LogP contribution is 2.56. The number of rotatable bonds is 1. The molecule has 2 aliphatic heterocycles. The largest absolute Gasteiger partial charge is 0.416 e. The highest BCUT2D eigenvalue weighted by atomic mass is 35.5. The number of amides is 2. The predicted octanol–water partition coefficient (Wildman–Crippen LogP) is 6.17. The molecule has 1 fully saturated rings. The first kappa shape index (κ1) is 20.4. The maximum atomic E-state index is 12.8. The van der Waals surface area contributed by atoms with Gasteiger partial charge in [-0.05, 0) is 49.7 Å². The van der Waals surface area contributed by atoms with E-state index in [1.54, 1.807) is 11.8 Å². The van der Waals surface area contributed by atoms with E-state index >= 15 is 0 Å². The number of anilines is 1. The summed E-state index contributed by atoms with van der Waals surface area (Å²) in [5, 5.41) is 4.06. The summed E-state index contributed by atoms with van der Waals surface area (Å²) in [5.41, 5.74) is 0.579. The Hall–Kier alpha value is -1.90. The molecule has 0 spiro atoms. The molecular weight excluding hydrogens is 423 g/mol. The van der Waals surface area contributed by atoms with Crippen molar-refractivity contribution in [3.63, 3.8) is 0 Å². The Kier molecular flexibility index (Phi) is 4.99. The number of hydrogen-bond donors (Lipinski definition) is 1. The summed E-state index contributed by atoms with van der Waals surface area (Å²) >= 11 is 8.36. The number of hydrogen-bond acceptors (Lipinski definition) is 3. The first-order chi connectivity index (χ1) is 13.6. The molecule has 2 aromatic rings. The average molecular weight is 442 g/mol. The lowest BCUT2D eigenvalue weighted by Gasteiger charge is -2.40. The van der Waals surface area contributed by atoms with Crippen molar-refractivity contribution in [2.75, 3.05) is 11.9 Å². The first-order valence-corrected chi connectivity index (χ1v) is 10.2. The molecule has 0 radical (unpaired) electrons. The summed E-state index contributed by atoms with van der Waals surface area (Å²) in [6.07, 6.45) is -4.42. The van der Waals surface area contributed by atoms with Crippen LogP contribution in [0.5, 0.6) is 0 Å². The quantitative estimate of drug-likeness (QED) is 0.538. The Balaban J connectivity index is 1.55. The lowest BCUT2D eigenvalue weighted by molar-refractivity contribution is -0.137. The van der Waals surface area contributed by atoms with Crippen molar-refractivity contribution in [1.29, 1.82) is 0 Å². The molecule has 0 bridgehead atoms. The predicted molar refractivity (Wildman–Crippen MR) is 107 cm³/mol. The van der Waals surface area contributed by atoms with Gasteiger partial charge in [0.1, 0.15) is 0 Å². The fraction of sp³-hybridized carbons (Fsp3) is 0.350. The number of hydrazine groups is 1. The maximum Gasteiger partial charge on any atom is 0.416 e. The van der Waals surface area contributed by atoms with Gasteiger partial charge in [-0.3, -0.25) is 0 Å². The Labute approximate surface area is 176 Å². The number of benzene rings is 2. The van der Waals surface area contributed by atoms with Crippen molar-refractivity contribution >= 4 is 35.3 Å². The van der Waals surface area contributed by atoms with Crippen molar-refractivity contribution in [2.24, 2.45) is 5.92 Å². The minimum atomic E-state index is -4.42. The minimum absolute atomic E-state index is 0.0956. The van der Waals surface area contributed by atoms with Gasteiger partial charge in [0.15, 0.2) is 0 Å². The lowest BCUT2D eigenvalue weighted by Crippen LogP contribution is -2.39. The molecule has 154 valence electrons. The van der Waals surface area contributed by atoms with Crippen molar-refractivity contribution in [1.82, 2.24) is 9.54 Å². The van der Waals surface area contributed by atoms with Crippen LogP contribution in [0.2, 0.25) is 0 Å². The van der Waals surface area contributed by atoms with E-state index in [0.29, 0.717) is 6.54 Å². The van der Waals surface area contributed by atoms with Crippen LogP contribution in [0.1, 0.15) is 31.0 Å². The topological polar surface area (TPSA) is 35.6 Å². The van der Waals surface area contributed by atoms with Gasteiger partial charge >= 0.3 is 12.2 Å². The zero-order chi connectivity index (χ0) is 21.0. The monoisotopic (exact) mass is 441 g/mol. The molecule has 2 unspecified atom stereocenters.